The number of carbonyl (C=O) groups excluding carboxylic acids is 1. The van der Waals surface area contributed by atoms with Crippen molar-refractivity contribution in [2.45, 2.75) is 11.3 Å². The van der Waals surface area contributed by atoms with Crippen molar-refractivity contribution in [1.82, 2.24) is 4.90 Å². The van der Waals surface area contributed by atoms with Crippen molar-refractivity contribution in [3.8, 4) is 0 Å². The fourth-order valence-electron chi connectivity index (χ4n) is 1.77. The highest BCUT2D eigenvalue weighted by Gasteiger charge is 2.17. The first-order valence-electron chi connectivity index (χ1n) is 5.43. The van der Waals surface area contributed by atoms with E-state index < -0.39 is 0 Å². The van der Waals surface area contributed by atoms with Crippen molar-refractivity contribution in [1.29, 1.82) is 0 Å². The Morgan fingerprint density at radius 3 is 3.00 bits per heavy atom. The lowest BCUT2D eigenvalue weighted by atomic mass is 10.2. The minimum atomic E-state index is 0.0707. The standard InChI is InChI=1S/C12H15NO2S/c14-12(10-3-1-4-11(16)9-10)13-5-2-7-15-8-6-13/h1,3-4,9,16H,2,5-8H2. The summed E-state index contributed by atoms with van der Waals surface area (Å²) in [6.45, 7) is 2.83. The lowest BCUT2D eigenvalue weighted by Gasteiger charge is -2.19. The van der Waals surface area contributed by atoms with Crippen molar-refractivity contribution in [2.24, 2.45) is 0 Å². The Morgan fingerprint density at radius 1 is 1.31 bits per heavy atom. The number of ether oxygens (including phenoxy) is 1. The van der Waals surface area contributed by atoms with E-state index in [0.29, 0.717) is 18.7 Å². The molecule has 1 saturated heterocycles. The quantitative estimate of drug-likeness (QED) is 0.755. The Labute approximate surface area is 101 Å². The Morgan fingerprint density at radius 2 is 2.19 bits per heavy atom. The van der Waals surface area contributed by atoms with Crippen LogP contribution in [0.1, 0.15) is 16.8 Å². The molecule has 0 saturated carbocycles. The molecule has 1 aromatic rings. The van der Waals surface area contributed by atoms with Gasteiger partial charge in [-0.1, -0.05) is 6.07 Å². The minimum absolute atomic E-state index is 0.0707. The third kappa shape index (κ3) is 2.77. The Balaban J connectivity index is 2.11. The van der Waals surface area contributed by atoms with Gasteiger partial charge in [-0.3, -0.25) is 4.79 Å². The van der Waals surface area contributed by atoms with E-state index in [-0.39, 0.29) is 5.91 Å². The largest absolute Gasteiger partial charge is 0.380 e. The van der Waals surface area contributed by atoms with Crippen LogP contribution in [0.25, 0.3) is 0 Å². The van der Waals surface area contributed by atoms with Gasteiger partial charge in [0.1, 0.15) is 0 Å². The minimum Gasteiger partial charge on any atom is -0.380 e. The maximum Gasteiger partial charge on any atom is 0.253 e. The average Bonchev–Trinajstić information content (AvgIpc) is 2.56. The van der Waals surface area contributed by atoms with E-state index in [1.807, 2.05) is 23.1 Å². The fourth-order valence-corrected chi connectivity index (χ4v) is 2.00. The lowest BCUT2D eigenvalue weighted by molar-refractivity contribution is 0.0741. The van der Waals surface area contributed by atoms with Gasteiger partial charge in [0.05, 0.1) is 6.61 Å². The summed E-state index contributed by atoms with van der Waals surface area (Å²) in [6.07, 6.45) is 0.909. The predicted octanol–water partition coefficient (Wildman–Crippen LogP) is 1.84. The summed E-state index contributed by atoms with van der Waals surface area (Å²) < 4.78 is 5.33. The first-order valence-corrected chi connectivity index (χ1v) is 5.88. The van der Waals surface area contributed by atoms with E-state index >= 15 is 0 Å². The summed E-state index contributed by atoms with van der Waals surface area (Å²) in [5.74, 6) is 0.0707. The van der Waals surface area contributed by atoms with Crippen LogP contribution in [-0.2, 0) is 4.74 Å². The molecule has 0 aromatic heterocycles. The molecular weight excluding hydrogens is 222 g/mol. The molecule has 1 aromatic carbocycles. The smallest absolute Gasteiger partial charge is 0.253 e. The van der Waals surface area contributed by atoms with E-state index in [1.165, 1.54) is 0 Å². The van der Waals surface area contributed by atoms with Gasteiger partial charge in [0.25, 0.3) is 5.91 Å². The van der Waals surface area contributed by atoms with Crippen molar-refractivity contribution >= 4 is 18.5 Å². The molecule has 0 atom stereocenters. The van der Waals surface area contributed by atoms with E-state index in [2.05, 4.69) is 12.6 Å². The van der Waals surface area contributed by atoms with Gasteiger partial charge >= 0.3 is 0 Å². The number of rotatable bonds is 1. The van der Waals surface area contributed by atoms with Gasteiger partial charge in [-0.05, 0) is 24.6 Å². The SMILES string of the molecule is O=C(c1cccc(S)c1)N1CCCOCC1. The zero-order valence-electron chi connectivity index (χ0n) is 9.06. The molecule has 0 spiro atoms. The number of carbonyl (C=O) groups is 1. The fraction of sp³-hybridized carbons (Fsp3) is 0.417. The summed E-state index contributed by atoms with van der Waals surface area (Å²) >= 11 is 4.24. The van der Waals surface area contributed by atoms with E-state index in [9.17, 15) is 4.79 Å². The molecular formula is C12H15NO2S. The number of benzene rings is 1. The molecule has 16 heavy (non-hydrogen) atoms. The van der Waals surface area contributed by atoms with Crippen LogP contribution in [0.5, 0.6) is 0 Å². The van der Waals surface area contributed by atoms with Crippen molar-refractivity contribution in [3.05, 3.63) is 29.8 Å². The average molecular weight is 237 g/mol. The predicted molar refractivity (Wildman–Crippen MR) is 65.0 cm³/mol. The molecule has 3 nitrogen and oxygen atoms in total. The first kappa shape index (κ1) is 11.5. The van der Waals surface area contributed by atoms with Gasteiger partial charge in [-0.2, -0.15) is 0 Å². The summed E-state index contributed by atoms with van der Waals surface area (Å²) in [7, 11) is 0. The van der Waals surface area contributed by atoms with Crippen LogP contribution in [-0.4, -0.2) is 37.1 Å². The molecule has 2 rings (SSSR count). The number of thiol groups is 1. The molecule has 0 aliphatic carbocycles. The van der Waals surface area contributed by atoms with Gasteiger partial charge in [-0.25, -0.2) is 0 Å². The van der Waals surface area contributed by atoms with Crippen LogP contribution in [0.4, 0.5) is 0 Å². The maximum atomic E-state index is 12.1. The third-order valence-corrected chi connectivity index (χ3v) is 2.88. The maximum absolute atomic E-state index is 12.1. The summed E-state index contributed by atoms with van der Waals surface area (Å²) in [4.78, 5) is 14.8. The number of hydrogen-bond acceptors (Lipinski definition) is 3. The number of amides is 1. The summed E-state index contributed by atoms with van der Waals surface area (Å²) in [5, 5.41) is 0. The Kier molecular flexibility index (Phi) is 3.85. The highest BCUT2D eigenvalue weighted by Crippen LogP contribution is 2.12. The van der Waals surface area contributed by atoms with E-state index in [4.69, 9.17) is 4.74 Å². The molecule has 1 amide bonds. The normalized spacial score (nSPS) is 16.9. The molecule has 0 N–H and O–H groups in total. The zero-order valence-corrected chi connectivity index (χ0v) is 9.95. The second kappa shape index (κ2) is 5.37. The molecule has 1 aliphatic rings. The van der Waals surface area contributed by atoms with Gasteiger partial charge in [0, 0.05) is 30.2 Å². The van der Waals surface area contributed by atoms with Crippen LogP contribution < -0.4 is 0 Å². The monoisotopic (exact) mass is 237 g/mol. The number of nitrogens with zero attached hydrogens (tertiary/aromatic N) is 1. The van der Waals surface area contributed by atoms with Crippen LogP contribution in [0.15, 0.2) is 29.2 Å². The highest BCUT2D eigenvalue weighted by atomic mass is 32.1. The van der Waals surface area contributed by atoms with Crippen molar-refractivity contribution in [2.75, 3.05) is 26.3 Å². The summed E-state index contributed by atoms with van der Waals surface area (Å²) in [6, 6.07) is 7.35. The van der Waals surface area contributed by atoms with Crippen LogP contribution in [0, 0.1) is 0 Å². The van der Waals surface area contributed by atoms with E-state index in [0.717, 1.165) is 24.5 Å². The topological polar surface area (TPSA) is 29.5 Å². The van der Waals surface area contributed by atoms with Crippen molar-refractivity contribution < 1.29 is 9.53 Å². The Bertz CT molecular complexity index is 373. The molecule has 86 valence electrons. The van der Waals surface area contributed by atoms with Gasteiger partial charge in [0.2, 0.25) is 0 Å². The zero-order chi connectivity index (χ0) is 11.4. The lowest BCUT2D eigenvalue weighted by Crippen LogP contribution is -2.33. The first-order chi connectivity index (χ1) is 7.77. The van der Waals surface area contributed by atoms with Crippen molar-refractivity contribution in [3.63, 3.8) is 0 Å². The Hall–Kier alpha value is -1.00. The summed E-state index contributed by atoms with van der Waals surface area (Å²) in [5.41, 5.74) is 0.703. The molecule has 1 fully saturated rings. The number of hydrogen-bond donors (Lipinski definition) is 1. The molecule has 0 unspecified atom stereocenters. The second-order valence-electron chi connectivity index (χ2n) is 3.81. The molecule has 0 bridgehead atoms. The van der Waals surface area contributed by atoms with Gasteiger partial charge in [0.15, 0.2) is 0 Å². The van der Waals surface area contributed by atoms with Gasteiger partial charge in [-0.15, -0.1) is 12.6 Å². The highest BCUT2D eigenvalue weighted by molar-refractivity contribution is 7.80. The second-order valence-corrected chi connectivity index (χ2v) is 4.32. The third-order valence-electron chi connectivity index (χ3n) is 2.60. The van der Waals surface area contributed by atoms with E-state index in [1.54, 1.807) is 6.07 Å². The van der Waals surface area contributed by atoms with Crippen LogP contribution >= 0.6 is 12.6 Å². The van der Waals surface area contributed by atoms with Gasteiger partial charge < -0.3 is 9.64 Å². The molecule has 1 aliphatic heterocycles. The molecule has 4 heteroatoms. The van der Waals surface area contributed by atoms with Crippen LogP contribution in [0.3, 0.4) is 0 Å². The molecule has 0 radical (unpaired) electrons. The van der Waals surface area contributed by atoms with Crippen LogP contribution in [0.2, 0.25) is 0 Å². The molecule has 1 heterocycles.